The minimum atomic E-state index is -0.564. The number of hydrogen-bond acceptors (Lipinski definition) is 6. The fourth-order valence-corrected chi connectivity index (χ4v) is 2.58. The lowest BCUT2D eigenvalue weighted by atomic mass is 10.1. The Labute approximate surface area is 187 Å². The van der Waals surface area contributed by atoms with Crippen LogP contribution < -0.4 is 18.9 Å². The summed E-state index contributed by atoms with van der Waals surface area (Å²) in [5, 5.41) is 0. The number of ether oxygens (including phenoxy) is 5. The van der Waals surface area contributed by atoms with Crippen LogP contribution in [-0.2, 0) is 9.53 Å². The maximum Gasteiger partial charge on any atom is 0.331 e. The summed E-state index contributed by atoms with van der Waals surface area (Å²) in [4.78, 5) is 12.2. The van der Waals surface area contributed by atoms with E-state index in [-0.39, 0.29) is 0 Å². The summed E-state index contributed by atoms with van der Waals surface area (Å²) < 4.78 is 29.6. The molecule has 0 bridgehead atoms. The van der Waals surface area contributed by atoms with Gasteiger partial charge in [0.1, 0.15) is 5.60 Å². The Hall–Kier alpha value is -2.37. The zero-order valence-corrected chi connectivity index (χ0v) is 20.3. The maximum atomic E-state index is 12.2. The number of carbonyl (C=O) groups is 1. The normalized spacial score (nSPS) is 11.5. The van der Waals surface area contributed by atoms with E-state index in [0.717, 1.165) is 25.7 Å². The average molecular weight is 437 g/mol. The van der Waals surface area contributed by atoms with Gasteiger partial charge in [-0.3, -0.25) is 0 Å². The lowest BCUT2D eigenvalue weighted by Crippen LogP contribution is -2.22. The van der Waals surface area contributed by atoms with Gasteiger partial charge in [0.2, 0.25) is 11.5 Å². The molecule has 0 saturated carbocycles. The standard InChI is InChI=1S/C25H40O6/c1-8-14-27-20-18-19(12-13-21(26)31-25(5,6)7)22(28-15-9-2)24(30-17-11-4)23(20)29-16-10-3/h12-13,18H,8-11,14-17H2,1-7H3. The van der Waals surface area contributed by atoms with Crippen molar-refractivity contribution in [3.05, 3.63) is 17.7 Å². The van der Waals surface area contributed by atoms with Gasteiger partial charge in [0.15, 0.2) is 11.5 Å². The van der Waals surface area contributed by atoms with Gasteiger partial charge in [-0.15, -0.1) is 0 Å². The monoisotopic (exact) mass is 436 g/mol. The summed E-state index contributed by atoms with van der Waals surface area (Å²) in [5.41, 5.74) is 0.117. The van der Waals surface area contributed by atoms with Gasteiger partial charge in [0.25, 0.3) is 0 Å². The van der Waals surface area contributed by atoms with Crippen LogP contribution in [0, 0.1) is 0 Å². The highest BCUT2D eigenvalue weighted by Crippen LogP contribution is 2.48. The minimum Gasteiger partial charge on any atom is -0.490 e. The molecular formula is C25H40O6. The van der Waals surface area contributed by atoms with Gasteiger partial charge in [-0.05, 0) is 58.6 Å². The molecule has 31 heavy (non-hydrogen) atoms. The van der Waals surface area contributed by atoms with Crippen molar-refractivity contribution in [2.45, 2.75) is 79.8 Å². The van der Waals surface area contributed by atoms with Gasteiger partial charge in [-0.2, -0.15) is 0 Å². The summed E-state index contributed by atoms with van der Waals surface area (Å²) in [5.74, 6) is 1.76. The second-order valence-electron chi connectivity index (χ2n) is 8.21. The highest BCUT2D eigenvalue weighted by atomic mass is 16.6. The number of carbonyl (C=O) groups excluding carboxylic acids is 1. The average Bonchev–Trinajstić information content (AvgIpc) is 2.71. The van der Waals surface area contributed by atoms with Crippen LogP contribution >= 0.6 is 0 Å². The van der Waals surface area contributed by atoms with Gasteiger partial charge in [-0.25, -0.2) is 4.79 Å². The largest absolute Gasteiger partial charge is 0.490 e. The SMILES string of the molecule is CCCOc1cc(C=CC(=O)OC(C)(C)C)c(OCCC)c(OCCC)c1OCCC. The predicted molar refractivity (Wildman–Crippen MR) is 124 cm³/mol. The first-order valence-electron chi connectivity index (χ1n) is 11.4. The summed E-state index contributed by atoms with van der Waals surface area (Å²) >= 11 is 0. The molecule has 0 radical (unpaired) electrons. The van der Waals surface area contributed by atoms with E-state index in [4.69, 9.17) is 23.7 Å². The molecule has 176 valence electrons. The van der Waals surface area contributed by atoms with Crippen molar-refractivity contribution in [2.75, 3.05) is 26.4 Å². The fraction of sp³-hybridized carbons (Fsp3) is 0.640. The number of hydrogen-bond donors (Lipinski definition) is 0. The molecule has 0 saturated heterocycles. The van der Waals surface area contributed by atoms with Gasteiger partial charge < -0.3 is 23.7 Å². The molecule has 0 aromatic heterocycles. The van der Waals surface area contributed by atoms with Crippen molar-refractivity contribution in [3.8, 4) is 23.0 Å². The lowest BCUT2D eigenvalue weighted by molar-refractivity contribution is -0.148. The van der Waals surface area contributed by atoms with Crippen LogP contribution in [0.1, 0.15) is 79.7 Å². The third kappa shape index (κ3) is 9.53. The van der Waals surface area contributed by atoms with Crippen LogP contribution in [-0.4, -0.2) is 38.0 Å². The number of rotatable bonds is 14. The van der Waals surface area contributed by atoms with Crippen LogP contribution in [0.25, 0.3) is 6.08 Å². The molecule has 0 aliphatic carbocycles. The third-order valence-corrected chi connectivity index (χ3v) is 3.80. The molecule has 0 atom stereocenters. The third-order valence-electron chi connectivity index (χ3n) is 3.80. The highest BCUT2D eigenvalue weighted by Gasteiger charge is 2.23. The van der Waals surface area contributed by atoms with Gasteiger partial charge in [0, 0.05) is 11.6 Å². The molecule has 6 heteroatoms. The van der Waals surface area contributed by atoms with Crippen molar-refractivity contribution in [2.24, 2.45) is 0 Å². The number of benzene rings is 1. The van der Waals surface area contributed by atoms with E-state index >= 15 is 0 Å². The zero-order chi connectivity index (χ0) is 23.3. The molecule has 0 fully saturated rings. The van der Waals surface area contributed by atoms with Crippen LogP contribution in [0.3, 0.4) is 0 Å². The summed E-state index contributed by atoms with van der Waals surface area (Å²) in [6, 6.07) is 1.84. The van der Waals surface area contributed by atoms with Gasteiger partial charge in [0.05, 0.1) is 26.4 Å². The molecule has 1 aromatic carbocycles. The fourth-order valence-electron chi connectivity index (χ4n) is 2.58. The van der Waals surface area contributed by atoms with E-state index < -0.39 is 11.6 Å². The molecule has 1 aromatic rings. The Morgan fingerprint density at radius 2 is 1.26 bits per heavy atom. The van der Waals surface area contributed by atoms with E-state index in [1.54, 1.807) is 6.08 Å². The maximum absolute atomic E-state index is 12.2. The van der Waals surface area contributed by atoms with Crippen LogP contribution in [0.4, 0.5) is 0 Å². The van der Waals surface area contributed by atoms with Crippen LogP contribution in [0.2, 0.25) is 0 Å². The molecule has 1 rings (SSSR count). The molecular weight excluding hydrogens is 396 g/mol. The summed E-state index contributed by atoms with van der Waals surface area (Å²) in [6.07, 6.45) is 6.46. The van der Waals surface area contributed by atoms with Crippen molar-refractivity contribution >= 4 is 12.0 Å². The highest BCUT2D eigenvalue weighted by molar-refractivity contribution is 5.88. The lowest BCUT2D eigenvalue weighted by Gasteiger charge is -2.22. The van der Waals surface area contributed by atoms with Crippen molar-refractivity contribution in [1.82, 2.24) is 0 Å². The Morgan fingerprint density at radius 1 is 0.774 bits per heavy atom. The van der Waals surface area contributed by atoms with Gasteiger partial charge >= 0.3 is 5.97 Å². The van der Waals surface area contributed by atoms with Crippen LogP contribution in [0.15, 0.2) is 12.1 Å². The quantitative estimate of drug-likeness (QED) is 0.256. The van der Waals surface area contributed by atoms with E-state index in [2.05, 4.69) is 0 Å². The molecule has 6 nitrogen and oxygen atoms in total. The molecule has 0 aliphatic rings. The van der Waals surface area contributed by atoms with Gasteiger partial charge in [-0.1, -0.05) is 27.7 Å². The molecule has 0 N–H and O–H groups in total. The minimum absolute atomic E-state index is 0.424. The van der Waals surface area contributed by atoms with E-state index in [1.165, 1.54) is 6.08 Å². The molecule has 0 amide bonds. The smallest absolute Gasteiger partial charge is 0.331 e. The first-order chi connectivity index (χ1) is 14.8. The Morgan fingerprint density at radius 3 is 1.77 bits per heavy atom. The Balaban J connectivity index is 3.53. The molecule has 0 unspecified atom stereocenters. The summed E-state index contributed by atoms with van der Waals surface area (Å²) in [7, 11) is 0. The summed E-state index contributed by atoms with van der Waals surface area (Å²) in [6.45, 7) is 15.8. The Bertz CT molecular complexity index is 703. The predicted octanol–water partition coefficient (Wildman–Crippen LogP) is 6.20. The zero-order valence-electron chi connectivity index (χ0n) is 20.3. The van der Waals surface area contributed by atoms with E-state index in [9.17, 15) is 4.79 Å². The first-order valence-corrected chi connectivity index (χ1v) is 11.4. The van der Waals surface area contributed by atoms with E-state index in [0.29, 0.717) is 55.0 Å². The number of esters is 1. The van der Waals surface area contributed by atoms with Crippen molar-refractivity contribution in [3.63, 3.8) is 0 Å². The molecule has 0 heterocycles. The van der Waals surface area contributed by atoms with Crippen molar-refractivity contribution < 1.29 is 28.5 Å². The molecule has 0 aliphatic heterocycles. The first kappa shape index (κ1) is 26.7. The molecule has 0 spiro atoms. The van der Waals surface area contributed by atoms with Crippen molar-refractivity contribution in [1.29, 1.82) is 0 Å². The topological polar surface area (TPSA) is 63.2 Å². The van der Waals surface area contributed by atoms with Crippen LogP contribution in [0.5, 0.6) is 23.0 Å². The second-order valence-corrected chi connectivity index (χ2v) is 8.21. The van der Waals surface area contributed by atoms with E-state index in [1.807, 2.05) is 54.5 Å². The Kier molecular flexibility index (Phi) is 11.9. The second kappa shape index (κ2) is 13.8.